The Kier molecular flexibility index (Phi) is 3.38. The molecule has 19 heavy (non-hydrogen) atoms. The number of pyridine rings is 1. The van der Waals surface area contributed by atoms with Crippen molar-refractivity contribution in [2.75, 3.05) is 11.4 Å². The molecule has 0 spiro atoms. The van der Waals surface area contributed by atoms with Crippen molar-refractivity contribution in [3.05, 3.63) is 36.5 Å². The first kappa shape index (κ1) is 12.4. The fraction of sp³-hybridized carbons (Fsp3) is 0.438. The van der Waals surface area contributed by atoms with E-state index < -0.39 is 0 Å². The Morgan fingerprint density at radius 3 is 2.95 bits per heavy atom. The zero-order valence-corrected chi connectivity index (χ0v) is 11.4. The average Bonchev–Trinajstić information content (AvgIpc) is 2.46. The van der Waals surface area contributed by atoms with E-state index in [-0.39, 0.29) is 0 Å². The van der Waals surface area contributed by atoms with Gasteiger partial charge in [0, 0.05) is 30.2 Å². The third-order valence-corrected chi connectivity index (χ3v) is 4.20. The Balaban J connectivity index is 2.11. The van der Waals surface area contributed by atoms with Crippen LogP contribution in [-0.2, 0) is 0 Å². The van der Waals surface area contributed by atoms with Crippen LogP contribution in [0.3, 0.4) is 0 Å². The van der Waals surface area contributed by atoms with Crippen LogP contribution in [0.15, 0.2) is 36.5 Å². The zero-order chi connectivity index (χ0) is 13.2. The summed E-state index contributed by atoms with van der Waals surface area (Å²) < 4.78 is 0. The van der Waals surface area contributed by atoms with Crippen molar-refractivity contribution >= 4 is 16.6 Å². The van der Waals surface area contributed by atoms with Gasteiger partial charge >= 0.3 is 0 Å². The average molecular weight is 255 g/mol. The van der Waals surface area contributed by atoms with Crippen LogP contribution < -0.4 is 10.6 Å². The predicted molar refractivity (Wildman–Crippen MR) is 80.4 cm³/mol. The van der Waals surface area contributed by atoms with Gasteiger partial charge in [0.1, 0.15) is 5.82 Å². The van der Waals surface area contributed by atoms with E-state index in [9.17, 15) is 0 Å². The quantitative estimate of drug-likeness (QED) is 0.897. The van der Waals surface area contributed by atoms with Crippen molar-refractivity contribution in [3.8, 4) is 0 Å². The minimum atomic E-state index is 0.419. The van der Waals surface area contributed by atoms with Gasteiger partial charge < -0.3 is 10.6 Å². The molecule has 1 aliphatic heterocycles. The number of aromatic nitrogens is 1. The van der Waals surface area contributed by atoms with Gasteiger partial charge in [0.15, 0.2) is 0 Å². The molecule has 1 saturated heterocycles. The highest BCUT2D eigenvalue weighted by molar-refractivity contribution is 5.92. The third kappa shape index (κ3) is 2.19. The lowest BCUT2D eigenvalue weighted by Crippen LogP contribution is -2.49. The molecule has 1 fully saturated rings. The first-order valence-corrected chi connectivity index (χ1v) is 7.13. The van der Waals surface area contributed by atoms with Crippen LogP contribution in [0.5, 0.6) is 0 Å². The van der Waals surface area contributed by atoms with Crippen molar-refractivity contribution in [2.24, 2.45) is 5.73 Å². The van der Waals surface area contributed by atoms with Crippen LogP contribution in [-0.4, -0.2) is 23.6 Å². The molecule has 0 aliphatic carbocycles. The van der Waals surface area contributed by atoms with Crippen molar-refractivity contribution in [3.63, 3.8) is 0 Å². The monoisotopic (exact) mass is 255 g/mol. The van der Waals surface area contributed by atoms with E-state index in [1.165, 1.54) is 30.0 Å². The molecule has 2 unspecified atom stereocenters. The largest absolute Gasteiger partial charge is 0.349 e. The second-order valence-corrected chi connectivity index (χ2v) is 5.43. The molecule has 100 valence electrons. The molecule has 0 radical (unpaired) electrons. The number of benzene rings is 1. The highest BCUT2D eigenvalue weighted by atomic mass is 15.2. The SMILES string of the molecule is CC1CCCC(CN)N1c1nccc2ccccc12. The van der Waals surface area contributed by atoms with E-state index >= 15 is 0 Å². The van der Waals surface area contributed by atoms with Gasteiger partial charge in [0.05, 0.1) is 0 Å². The summed E-state index contributed by atoms with van der Waals surface area (Å²) in [5.74, 6) is 1.10. The summed E-state index contributed by atoms with van der Waals surface area (Å²) in [6, 6.07) is 11.5. The maximum Gasteiger partial charge on any atom is 0.136 e. The summed E-state index contributed by atoms with van der Waals surface area (Å²) in [6.45, 7) is 2.99. The fourth-order valence-corrected chi connectivity index (χ4v) is 3.21. The van der Waals surface area contributed by atoms with Gasteiger partial charge in [0.2, 0.25) is 0 Å². The molecule has 1 aromatic heterocycles. The van der Waals surface area contributed by atoms with E-state index in [4.69, 9.17) is 5.73 Å². The molecular formula is C16H21N3. The lowest BCUT2D eigenvalue weighted by molar-refractivity contribution is 0.399. The Hall–Kier alpha value is -1.61. The van der Waals surface area contributed by atoms with Crippen molar-refractivity contribution in [1.29, 1.82) is 0 Å². The van der Waals surface area contributed by atoms with Crippen LogP contribution >= 0.6 is 0 Å². The van der Waals surface area contributed by atoms with E-state index in [0.717, 1.165) is 5.82 Å². The molecule has 0 bridgehead atoms. The molecule has 2 aromatic rings. The summed E-state index contributed by atoms with van der Waals surface area (Å²) in [6.07, 6.45) is 5.57. The molecule has 0 amide bonds. The van der Waals surface area contributed by atoms with Crippen LogP contribution in [0.4, 0.5) is 5.82 Å². The van der Waals surface area contributed by atoms with Crippen LogP contribution in [0.1, 0.15) is 26.2 Å². The number of nitrogens with zero attached hydrogens (tertiary/aromatic N) is 2. The highest BCUT2D eigenvalue weighted by Gasteiger charge is 2.28. The summed E-state index contributed by atoms with van der Waals surface area (Å²) >= 11 is 0. The molecule has 1 aliphatic rings. The van der Waals surface area contributed by atoms with Crippen molar-refractivity contribution in [2.45, 2.75) is 38.3 Å². The molecule has 3 rings (SSSR count). The number of piperidine rings is 1. The molecule has 3 heteroatoms. The molecular weight excluding hydrogens is 234 g/mol. The van der Waals surface area contributed by atoms with E-state index in [2.05, 4.69) is 47.1 Å². The Bertz CT molecular complexity index is 561. The van der Waals surface area contributed by atoms with Gasteiger partial charge in [-0.25, -0.2) is 4.98 Å². The number of hydrogen-bond acceptors (Lipinski definition) is 3. The van der Waals surface area contributed by atoms with Crippen LogP contribution in [0.2, 0.25) is 0 Å². The smallest absolute Gasteiger partial charge is 0.136 e. The molecule has 1 aromatic carbocycles. The Morgan fingerprint density at radius 1 is 1.26 bits per heavy atom. The molecule has 2 atom stereocenters. The standard InChI is InChI=1S/C16H21N3/c1-12-5-4-7-14(11-17)19(12)16-15-8-3-2-6-13(15)9-10-18-16/h2-3,6,8-10,12,14H,4-5,7,11,17H2,1H3. The van der Waals surface area contributed by atoms with Gasteiger partial charge in [-0.2, -0.15) is 0 Å². The third-order valence-electron chi connectivity index (χ3n) is 4.20. The lowest BCUT2D eigenvalue weighted by Gasteiger charge is -2.41. The maximum atomic E-state index is 5.97. The lowest BCUT2D eigenvalue weighted by atomic mass is 9.95. The first-order chi connectivity index (χ1) is 9.31. The number of nitrogens with two attached hydrogens (primary N) is 1. The highest BCUT2D eigenvalue weighted by Crippen LogP contribution is 2.32. The van der Waals surface area contributed by atoms with Crippen molar-refractivity contribution < 1.29 is 0 Å². The topological polar surface area (TPSA) is 42.1 Å². The second kappa shape index (κ2) is 5.17. The molecule has 3 nitrogen and oxygen atoms in total. The van der Waals surface area contributed by atoms with E-state index in [1.54, 1.807) is 0 Å². The Labute approximate surface area is 114 Å². The van der Waals surface area contributed by atoms with Crippen LogP contribution in [0.25, 0.3) is 10.8 Å². The zero-order valence-electron chi connectivity index (χ0n) is 11.4. The van der Waals surface area contributed by atoms with Gasteiger partial charge in [-0.3, -0.25) is 0 Å². The summed E-state index contributed by atoms with van der Waals surface area (Å²) in [4.78, 5) is 7.09. The number of rotatable bonds is 2. The number of fused-ring (bicyclic) bond motifs is 1. The van der Waals surface area contributed by atoms with Gasteiger partial charge in [-0.05, 0) is 37.6 Å². The minimum absolute atomic E-state index is 0.419. The van der Waals surface area contributed by atoms with Gasteiger partial charge in [-0.1, -0.05) is 24.3 Å². The molecule has 2 N–H and O–H groups in total. The summed E-state index contributed by atoms with van der Waals surface area (Å²) in [7, 11) is 0. The van der Waals surface area contributed by atoms with E-state index in [1.807, 2.05) is 6.20 Å². The fourth-order valence-electron chi connectivity index (χ4n) is 3.21. The predicted octanol–water partition coefficient (Wildman–Crippen LogP) is 2.94. The second-order valence-electron chi connectivity index (χ2n) is 5.43. The van der Waals surface area contributed by atoms with Crippen LogP contribution in [0, 0.1) is 0 Å². The molecule has 0 saturated carbocycles. The Morgan fingerprint density at radius 2 is 2.11 bits per heavy atom. The number of anilines is 1. The molecule has 2 heterocycles. The maximum absolute atomic E-state index is 5.97. The van der Waals surface area contributed by atoms with Gasteiger partial charge in [0.25, 0.3) is 0 Å². The number of hydrogen-bond donors (Lipinski definition) is 1. The van der Waals surface area contributed by atoms with Crippen molar-refractivity contribution in [1.82, 2.24) is 4.98 Å². The first-order valence-electron chi connectivity index (χ1n) is 7.13. The van der Waals surface area contributed by atoms with Gasteiger partial charge in [-0.15, -0.1) is 0 Å². The summed E-state index contributed by atoms with van der Waals surface area (Å²) in [5, 5.41) is 2.48. The minimum Gasteiger partial charge on any atom is -0.349 e. The normalized spacial score (nSPS) is 23.8. The summed E-state index contributed by atoms with van der Waals surface area (Å²) in [5.41, 5.74) is 5.97. The van der Waals surface area contributed by atoms with E-state index in [0.29, 0.717) is 18.6 Å².